The number of fused-ring (bicyclic) bond motifs is 1. The van der Waals surface area contributed by atoms with Crippen LogP contribution >= 0.6 is 15.9 Å². The number of benzene rings is 1. The predicted molar refractivity (Wildman–Crippen MR) is 90.1 cm³/mol. The van der Waals surface area contributed by atoms with Gasteiger partial charge in [0.15, 0.2) is 11.5 Å². The number of hydrogen-bond donors (Lipinski definition) is 1. The molecule has 1 aromatic carbocycles. The summed E-state index contributed by atoms with van der Waals surface area (Å²) in [6.45, 7) is 1.14. The summed E-state index contributed by atoms with van der Waals surface area (Å²) in [4.78, 5) is 4.01. The van der Waals surface area contributed by atoms with E-state index >= 15 is 0 Å². The van der Waals surface area contributed by atoms with Gasteiger partial charge in [-0.15, -0.1) is 0 Å². The fourth-order valence-electron chi connectivity index (χ4n) is 2.11. The van der Waals surface area contributed by atoms with Crippen molar-refractivity contribution in [3.05, 3.63) is 41.1 Å². The van der Waals surface area contributed by atoms with Crippen LogP contribution in [0.4, 0.5) is 0 Å². The van der Waals surface area contributed by atoms with Crippen LogP contribution in [0, 0.1) is 0 Å². The molecule has 0 atom stereocenters. The minimum absolute atomic E-state index is 0.0909. The topological polar surface area (TPSA) is 86.8 Å². The number of rotatable bonds is 6. The monoisotopic (exact) mass is 414 g/mol. The zero-order valence-electron chi connectivity index (χ0n) is 12.6. The van der Waals surface area contributed by atoms with E-state index in [4.69, 9.17) is 14.2 Å². The van der Waals surface area contributed by atoms with Crippen LogP contribution in [-0.2, 0) is 10.0 Å². The maximum absolute atomic E-state index is 12.4. The lowest BCUT2D eigenvalue weighted by molar-refractivity contribution is 0.171. The van der Waals surface area contributed by atoms with Crippen LogP contribution in [0.3, 0.4) is 0 Å². The number of pyridine rings is 1. The molecule has 1 aromatic heterocycles. The van der Waals surface area contributed by atoms with Crippen molar-refractivity contribution < 1.29 is 22.6 Å². The molecule has 24 heavy (non-hydrogen) atoms. The number of aromatic nitrogens is 1. The van der Waals surface area contributed by atoms with Crippen molar-refractivity contribution in [3.8, 4) is 17.2 Å². The first kappa shape index (κ1) is 17.0. The normalized spacial score (nSPS) is 13.5. The molecule has 2 heterocycles. The lowest BCUT2D eigenvalue weighted by Gasteiger charge is -2.20. The maximum atomic E-state index is 12.4. The highest BCUT2D eigenvalue weighted by molar-refractivity contribution is 9.10. The maximum Gasteiger partial charge on any atom is 0.241 e. The Bertz CT molecular complexity index is 814. The Morgan fingerprint density at radius 3 is 2.71 bits per heavy atom. The summed E-state index contributed by atoms with van der Waals surface area (Å²) >= 11 is 3.26. The number of nitrogens with one attached hydrogen (secondary N) is 1. The van der Waals surface area contributed by atoms with Gasteiger partial charge in [-0.3, -0.25) is 4.98 Å². The van der Waals surface area contributed by atoms with Gasteiger partial charge in [0.2, 0.25) is 10.0 Å². The Hall–Kier alpha value is -1.84. The molecule has 9 heteroatoms. The summed E-state index contributed by atoms with van der Waals surface area (Å²) in [5.74, 6) is 1.51. The molecule has 7 nitrogen and oxygen atoms in total. The molecule has 0 amide bonds. The summed E-state index contributed by atoms with van der Waals surface area (Å²) in [5.41, 5.74) is 0. The molecule has 0 fully saturated rings. The molecule has 0 saturated heterocycles. The predicted octanol–water partition coefficient (Wildman–Crippen LogP) is 1.97. The van der Waals surface area contributed by atoms with Crippen LogP contribution in [-0.4, -0.2) is 39.8 Å². The van der Waals surface area contributed by atoms with E-state index in [0.717, 1.165) is 0 Å². The zero-order chi connectivity index (χ0) is 17.0. The second-order valence-corrected chi connectivity index (χ2v) is 7.45. The number of hydrogen-bond acceptors (Lipinski definition) is 6. The van der Waals surface area contributed by atoms with Crippen molar-refractivity contribution in [3.63, 3.8) is 0 Å². The van der Waals surface area contributed by atoms with Gasteiger partial charge in [-0.1, -0.05) is 0 Å². The minimum atomic E-state index is -3.71. The molecule has 3 rings (SSSR count). The average Bonchev–Trinajstić information content (AvgIpc) is 2.59. The third kappa shape index (κ3) is 3.97. The van der Waals surface area contributed by atoms with E-state index in [1.807, 2.05) is 0 Å². The van der Waals surface area contributed by atoms with E-state index in [9.17, 15) is 8.42 Å². The van der Waals surface area contributed by atoms with Crippen LogP contribution in [0.5, 0.6) is 17.2 Å². The largest absolute Gasteiger partial charge is 0.491 e. The van der Waals surface area contributed by atoms with E-state index in [2.05, 4.69) is 25.6 Å². The van der Waals surface area contributed by atoms with Gasteiger partial charge < -0.3 is 14.2 Å². The van der Waals surface area contributed by atoms with Crippen LogP contribution in [0.2, 0.25) is 0 Å². The van der Waals surface area contributed by atoms with Gasteiger partial charge in [0.25, 0.3) is 0 Å². The van der Waals surface area contributed by atoms with Crippen molar-refractivity contribution in [1.82, 2.24) is 9.71 Å². The van der Waals surface area contributed by atoms with Crippen molar-refractivity contribution in [2.75, 3.05) is 26.4 Å². The number of sulfonamides is 1. The highest BCUT2D eigenvalue weighted by Gasteiger charge is 2.22. The standard InChI is InChI=1S/C15H15BrN2O5S/c16-12-8-13-14(23-7-6-22-13)9-15(12)24(19,20)18-4-5-21-11-2-1-3-17-10-11/h1-3,8-10,18H,4-7H2. The average molecular weight is 415 g/mol. The van der Waals surface area contributed by atoms with Crippen LogP contribution < -0.4 is 18.9 Å². The smallest absolute Gasteiger partial charge is 0.241 e. The third-order valence-corrected chi connectivity index (χ3v) is 5.60. The first-order valence-electron chi connectivity index (χ1n) is 7.18. The second-order valence-electron chi connectivity index (χ2n) is 4.86. The van der Waals surface area contributed by atoms with Crippen molar-refractivity contribution in [2.45, 2.75) is 4.90 Å². The molecule has 1 N–H and O–H groups in total. The number of ether oxygens (including phenoxy) is 3. The summed E-state index contributed by atoms with van der Waals surface area (Å²) in [6, 6.07) is 6.53. The van der Waals surface area contributed by atoms with Gasteiger partial charge in [0.1, 0.15) is 30.5 Å². The zero-order valence-corrected chi connectivity index (χ0v) is 15.0. The molecule has 0 unspecified atom stereocenters. The summed E-state index contributed by atoms with van der Waals surface area (Å²) < 4.78 is 44.1. The molecule has 0 spiro atoms. The molecule has 2 aromatic rings. The molecule has 0 bridgehead atoms. The Kier molecular flexibility index (Phi) is 5.22. The Balaban J connectivity index is 1.65. The first-order chi connectivity index (χ1) is 11.6. The van der Waals surface area contributed by atoms with Gasteiger partial charge in [0.05, 0.1) is 6.20 Å². The number of nitrogens with zero attached hydrogens (tertiary/aromatic N) is 1. The summed E-state index contributed by atoms with van der Waals surface area (Å²) in [6.07, 6.45) is 3.20. The van der Waals surface area contributed by atoms with Gasteiger partial charge in [-0.25, -0.2) is 13.1 Å². The van der Waals surface area contributed by atoms with E-state index in [1.54, 1.807) is 30.6 Å². The van der Waals surface area contributed by atoms with E-state index < -0.39 is 10.0 Å². The molecular weight excluding hydrogens is 400 g/mol. The molecule has 0 saturated carbocycles. The molecule has 1 aliphatic heterocycles. The van der Waals surface area contributed by atoms with E-state index in [0.29, 0.717) is 34.9 Å². The van der Waals surface area contributed by atoms with Crippen molar-refractivity contribution in [1.29, 1.82) is 0 Å². The lowest BCUT2D eigenvalue weighted by atomic mass is 10.3. The van der Waals surface area contributed by atoms with Crippen molar-refractivity contribution in [2.24, 2.45) is 0 Å². The molecule has 128 valence electrons. The Morgan fingerprint density at radius 2 is 2.00 bits per heavy atom. The molecule has 1 aliphatic rings. The highest BCUT2D eigenvalue weighted by Crippen LogP contribution is 2.37. The van der Waals surface area contributed by atoms with Crippen LogP contribution in [0.15, 0.2) is 46.0 Å². The second kappa shape index (κ2) is 7.37. The quantitative estimate of drug-likeness (QED) is 0.727. The SMILES string of the molecule is O=S(=O)(NCCOc1cccnc1)c1cc2c(cc1Br)OCCO2. The Morgan fingerprint density at radius 1 is 1.25 bits per heavy atom. The fourth-order valence-corrected chi connectivity index (χ4v) is 4.15. The van der Waals surface area contributed by atoms with Crippen LogP contribution in [0.25, 0.3) is 0 Å². The highest BCUT2D eigenvalue weighted by atomic mass is 79.9. The Labute approximate surface area is 148 Å². The lowest BCUT2D eigenvalue weighted by Crippen LogP contribution is -2.28. The van der Waals surface area contributed by atoms with Crippen LogP contribution in [0.1, 0.15) is 0 Å². The third-order valence-electron chi connectivity index (χ3n) is 3.18. The van der Waals surface area contributed by atoms with Gasteiger partial charge in [-0.05, 0) is 34.1 Å². The van der Waals surface area contributed by atoms with Crippen molar-refractivity contribution >= 4 is 26.0 Å². The molecule has 0 aliphatic carbocycles. The fraction of sp³-hybridized carbons (Fsp3) is 0.267. The van der Waals surface area contributed by atoms with E-state index in [1.165, 1.54) is 6.07 Å². The minimum Gasteiger partial charge on any atom is -0.491 e. The molecular formula is C15H15BrN2O5S. The summed E-state index contributed by atoms with van der Waals surface area (Å²) in [7, 11) is -3.71. The van der Waals surface area contributed by atoms with Gasteiger partial charge in [0, 0.05) is 23.3 Å². The van der Waals surface area contributed by atoms with Gasteiger partial charge in [-0.2, -0.15) is 0 Å². The summed E-state index contributed by atoms with van der Waals surface area (Å²) in [5, 5.41) is 0. The number of halogens is 1. The molecule has 0 radical (unpaired) electrons. The first-order valence-corrected chi connectivity index (χ1v) is 9.45. The van der Waals surface area contributed by atoms with E-state index in [-0.39, 0.29) is 18.0 Å². The van der Waals surface area contributed by atoms with Gasteiger partial charge >= 0.3 is 0 Å².